The van der Waals surface area contributed by atoms with Gasteiger partial charge in [-0.1, -0.05) is 24.3 Å². The number of nitrogens with two attached hydrogens (primary N) is 1. The van der Waals surface area contributed by atoms with Crippen molar-refractivity contribution < 1.29 is 9.18 Å². The Balaban J connectivity index is 2.13. The van der Waals surface area contributed by atoms with Gasteiger partial charge >= 0.3 is 0 Å². The van der Waals surface area contributed by atoms with Gasteiger partial charge in [0, 0.05) is 11.3 Å². The standard InChI is InChI=1S/C15H15FN2O/c1-10(13-7-2-3-8-14(13)17)18-15(19)11-5-4-6-12(16)9-11/h2-10H,17H2,1H3,(H,18,19). The van der Waals surface area contributed by atoms with Gasteiger partial charge in [0.2, 0.25) is 0 Å². The molecule has 0 aliphatic rings. The lowest BCUT2D eigenvalue weighted by Gasteiger charge is -2.16. The zero-order valence-electron chi connectivity index (χ0n) is 10.6. The summed E-state index contributed by atoms with van der Waals surface area (Å²) in [5.74, 6) is -0.755. The number of para-hydroxylation sites is 1. The normalized spacial score (nSPS) is 11.9. The summed E-state index contributed by atoms with van der Waals surface area (Å²) in [6, 6.07) is 12.7. The van der Waals surface area contributed by atoms with E-state index in [2.05, 4.69) is 5.32 Å². The number of halogens is 1. The van der Waals surface area contributed by atoms with Crippen molar-refractivity contribution in [3.63, 3.8) is 0 Å². The van der Waals surface area contributed by atoms with Crippen molar-refractivity contribution in [2.75, 3.05) is 5.73 Å². The van der Waals surface area contributed by atoms with Crippen LogP contribution in [-0.4, -0.2) is 5.91 Å². The van der Waals surface area contributed by atoms with Gasteiger partial charge in [0.1, 0.15) is 5.82 Å². The second kappa shape index (κ2) is 5.52. The zero-order chi connectivity index (χ0) is 13.8. The largest absolute Gasteiger partial charge is 0.398 e. The average molecular weight is 258 g/mol. The van der Waals surface area contributed by atoms with Crippen molar-refractivity contribution in [2.45, 2.75) is 13.0 Å². The van der Waals surface area contributed by atoms with Crippen LogP contribution in [0.2, 0.25) is 0 Å². The third kappa shape index (κ3) is 3.10. The Bertz CT molecular complexity index is 598. The smallest absolute Gasteiger partial charge is 0.251 e. The first-order chi connectivity index (χ1) is 9.08. The predicted octanol–water partition coefficient (Wildman–Crippen LogP) is 2.90. The quantitative estimate of drug-likeness (QED) is 0.832. The summed E-state index contributed by atoms with van der Waals surface area (Å²) in [7, 11) is 0. The molecule has 0 fully saturated rings. The lowest BCUT2D eigenvalue weighted by atomic mass is 10.1. The molecule has 0 aliphatic heterocycles. The second-order valence-electron chi connectivity index (χ2n) is 4.33. The van der Waals surface area contributed by atoms with Crippen molar-refractivity contribution in [3.8, 4) is 0 Å². The fraction of sp³-hybridized carbons (Fsp3) is 0.133. The number of rotatable bonds is 3. The van der Waals surface area contributed by atoms with Crippen molar-refractivity contribution in [3.05, 3.63) is 65.5 Å². The molecule has 1 amide bonds. The molecule has 0 aliphatic carbocycles. The maximum Gasteiger partial charge on any atom is 0.251 e. The van der Waals surface area contributed by atoms with E-state index in [0.29, 0.717) is 11.3 Å². The molecule has 2 rings (SSSR count). The summed E-state index contributed by atoms with van der Waals surface area (Å²) >= 11 is 0. The molecule has 0 saturated carbocycles. The molecule has 1 atom stereocenters. The first-order valence-corrected chi connectivity index (χ1v) is 5.99. The van der Waals surface area contributed by atoms with Gasteiger partial charge in [0.15, 0.2) is 0 Å². The van der Waals surface area contributed by atoms with Crippen molar-refractivity contribution in [1.82, 2.24) is 5.32 Å². The first kappa shape index (κ1) is 13.1. The van der Waals surface area contributed by atoms with Crippen LogP contribution in [0.3, 0.4) is 0 Å². The van der Waals surface area contributed by atoms with Crippen molar-refractivity contribution in [1.29, 1.82) is 0 Å². The van der Waals surface area contributed by atoms with E-state index >= 15 is 0 Å². The molecule has 0 aromatic heterocycles. The molecule has 0 radical (unpaired) electrons. The highest BCUT2D eigenvalue weighted by Gasteiger charge is 2.13. The Hall–Kier alpha value is -2.36. The van der Waals surface area contributed by atoms with E-state index in [1.165, 1.54) is 18.2 Å². The second-order valence-corrected chi connectivity index (χ2v) is 4.33. The third-order valence-electron chi connectivity index (χ3n) is 2.90. The third-order valence-corrected chi connectivity index (χ3v) is 2.90. The van der Waals surface area contributed by atoms with E-state index < -0.39 is 5.82 Å². The fourth-order valence-electron chi connectivity index (χ4n) is 1.89. The maximum absolute atomic E-state index is 13.1. The van der Waals surface area contributed by atoms with Gasteiger partial charge in [-0.3, -0.25) is 4.79 Å². The molecule has 3 N–H and O–H groups in total. The summed E-state index contributed by atoms with van der Waals surface area (Å²) in [5.41, 5.74) is 7.60. The monoisotopic (exact) mass is 258 g/mol. The maximum atomic E-state index is 13.1. The SMILES string of the molecule is CC(NC(=O)c1cccc(F)c1)c1ccccc1N. The molecule has 0 saturated heterocycles. The number of hydrogen-bond acceptors (Lipinski definition) is 2. The van der Waals surface area contributed by atoms with Gasteiger partial charge in [-0.25, -0.2) is 4.39 Å². The Kier molecular flexibility index (Phi) is 3.80. The molecular formula is C15H15FN2O. The molecular weight excluding hydrogens is 243 g/mol. The van der Waals surface area contributed by atoms with Crippen LogP contribution in [0, 0.1) is 5.82 Å². The van der Waals surface area contributed by atoms with Gasteiger partial charge in [-0.05, 0) is 36.8 Å². The number of amides is 1. The highest BCUT2D eigenvalue weighted by atomic mass is 19.1. The number of nitrogens with one attached hydrogen (secondary N) is 1. The van der Waals surface area contributed by atoms with Gasteiger partial charge in [-0.15, -0.1) is 0 Å². The number of nitrogen functional groups attached to an aromatic ring is 1. The highest BCUT2D eigenvalue weighted by Crippen LogP contribution is 2.19. The Morgan fingerprint density at radius 1 is 1.21 bits per heavy atom. The van der Waals surface area contributed by atoms with E-state index in [1.54, 1.807) is 12.1 Å². The minimum absolute atomic E-state index is 0.239. The Morgan fingerprint density at radius 3 is 2.63 bits per heavy atom. The van der Waals surface area contributed by atoms with Crippen LogP contribution in [0.5, 0.6) is 0 Å². The number of carbonyl (C=O) groups excluding carboxylic acids is 1. The van der Waals surface area contributed by atoms with Gasteiger partial charge in [0.25, 0.3) is 5.91 Å². The van der Waals surface area contributed by atoms with E-state index in [9.17, 15) is 9.18 Å². The molecule has 3 nitrogen and oxygen atoms in total. The van der Waals surface area contributed by atoms with Crippen LogP contribution in [0.15, 0.2) is 48.5 Å². The number of benzene rings is 2. The average Bonchev–Trinajstić information content (AvgIpc) is 2.39. The predicted molar refractivity (Wildman–Crippen MR) is 73.1 cm³/mol. The van der Waals surface area contributed by atoms with Crippen LogP contribution in [0.4, 0.5) is 10.1 Å². The first-order valence-electron chi connectivity index (χ1n) is 5.99. The van der Waals surface area contributed by atoms with E-state index in [4.69, 9.17) is 5.73 Å². The van der Waals surface area contributed by atoms with Crippen LogP contribution in [0.25, 0.3) is 0 Å². The number of anilines is 1. The van der Waals surface area contributed by atoms with E-state index in [-0.39, 0.29) is 11.9 Å². The van der Waals surface area contributed by atoms with Gasteiger partial charge in [-0.2, -0.15) is 0 Å². The summed E-state index contributed by atoms with van der Waals surface area (Å²) in [4.78, 5) is 12.0. The lowest BCUT2D eigenvalue weighted by Crippen LogP contribution is -2.27. The van der Waals surface area contributed by atoms with Crippen LogP contribution < -0.4 is 11.1 Å². The van der Waals surface area contributed by atoms with Crippen molar-refractivity contribution in [2.24, 2.45) is 0 Å². The molecule has 2 aromatic rings. The lowest BCUT2D eigenvalue weighted by molar-refractivity contribution is 0.0939. The van der Waals surface area contributed by atoms with Crippen LogP contribution in [0.1, 0.15) is 28.9 Å². The molecule has 1 unspecified atom stereocenters. The molecule has 19 heavy (non-hydrogen) atoms. The molecule has 0 heterocycles. The van der Waals surface area contributed by atoms with Gasteiger partial charge < -0.3 is 11.1 Å². The summed E-state index contributed by atoms with van der Waals surface area (Å²) in [5, 5.41) is 2.79. The van der Waals surface area contributed by atoms with Gasteiger partial charge in [0.05, 0.1) is 6.04 Å². The van der Waals surface area contributed by atoms with E-state index in [0.717, 1.165) is 5.56 Å². The molecule has 98 valence electrons. The number of hydrogen-bond donors (Lipinski definition) is 2. The van der Waals surface area contributed by atoms with E-state index in [1.807, 2.05) is 25.1 Å². The van der Waals surface area contributed by atoms with Crippen molar-refractivity contribution >= 4 is 11.6 Å². The Labute approximate surface area is 111 Å². The number of carbonyl (C=O) groups is 1. The summed E-state index contributed by atoms with van der Waals surface area (Å²) < 4.78 is 13.1. The molecule has 2 aromatic carbocycles. The van der Waals surface area contributed by atoms with Crippen LogP contribution in [-0.2, 0) is 0 Å². The van der Waals surface area contributed by atoms with Crippen LogP contribution >= 0.6 is 0 Å². The molecule has 0 spiro atoms. The minimum atomic E-state index is -0.431. The molecule has 4 heteroatoms. The topological polar surface area (TPSA) is 55.1 Å². The summed E-state index contributed by atoms with van der Waals surface area (Å²) in [6.07, 6.45) is 0. The minimum Gasteiger partial charge on any atom is -0.398 e. The molecule has 0 bridgehead atoms. The highest BCUT2D eigenvalue weighted by molar-refractivity contribution is 5.94. The Morgan fingerprint density at radius 2 is 1.95 bits per heavy atom. The fourth-order valence-corrected chi connectivity index (χ4v) is 1.89. The zero-order valence-corrected chi connectivity index (χ0v) is 10.6. The summed E-state index contributed by atoms with van der Waals surface area (Å²) in [6.45, 7) is 1.84.